The van der Waals surface area contributed by atoms with Gasteiger partial charge in [0.25, 0.3) is 0 Å². The van der Waals surface area contributed by atoms with Crippen molar-refractivity contribution >= 4 is 0 Å². The minimum Gasteiger partial charge on any atom is -0.227 e. The van der Waals surface area contributed by atoms with Gasteiger partial charge in [0, 0.05) is 19.6 Å². The molecule has 0 rings (SSSR count). The molecule has 0 aromatic carbocycles. The average Bonchev–Trinajstić information content (AvgIpc) is 1.91. The van der Waals surface area contributed by atoms with E-state index in [1.54, 1.807) is 6.08 Å². The fraction of sp³-hybridized carbons (Fsp3) is 0.714. The van der Waals surface area contributed by atoms with Crippen molar-refractivity contribution in [3.63, 3.8) is 0 Å². The van der Waals surface area contributed by atoms with Gasteiger partial charge in [-0.1, -0.05) is 19.9 Å². The van der Waals surface area contributed by atoms with Crippen LogP contribution in [0.4, 0.5) is 0 Å². The van der Waals surface area contributed by atoms with Crippen LogP contribution in [0.15, 0.2) is 12.7 Å². The van der Waals surface area contributed by atoms with Crippen molar-refractivity contribution in [2.75, 3.05) is 19.6 Å². The summed E-state index contributed by atoms with van der Waals surface area (Å²) in [6.45, 7) is 10.5. The third-order valence-electron chi connectivity index (χ3n) is 1.14. The number of nitrogens with zero attached hydrogens (tertiary/aromatic N) is 2. The third kappa shape index (κ3) is 4.18. The Hall–Kier alpha value is -0.340. The molecule has 0 atom stereocenters. The van der Waals surface area contributed by atoms with Crippen LogP contribution >= 0.6 is 0 Å². The molecule has 0 aromatic rings. The van der Waals surface area contributed by atoms with Crippen molar-refractivity contribution in [1.82, 2.24) is 10.4 Å². The summed E-state index contributed by atoms with van der Waals surface area (Å²) in [5, 5.41) is 2.02. The maximum atomic E-state index is 4.19. The molecule has 0 N–H and O–H groups in total. The van der Waals surface area contributed by atoms with Gasteiger partial charge < -0.3 is 0 Å². The summed E-state index contributed by atoms with van der Waals surface area (Å²) in [6.07, 6.45) is 1.80. The maximum absolute atomic E-state index is 4.19. The van der Waals surface area contributed by atoms with Gasteiger partial charge in [-0.25, -0.2) is 5.01 Å². The lowest BCUT2D eigenvalue weighted by Gasteiger charge is -2.14. The lowest BCUT2D eigenvalue weighted by molar-refractivity contribution is 0.212. The topological polar surface area (TPSA) is 17.3 Å². The highest BCUT2D eigenvalue weighted by Gasteiger charge is 1.94. The van der Waals surface area contributed by atoms with E-state index < -0.39 is 0 Å². The first-order valence-corrected chi connectivity index (χ1v) is 3.38. The van der Waals surface area contributed by atoms with Crippen molar-refractivity contribution in [2.45, 2.75) is 13.8 Å². The summed E-state index contributed by atoms with van der Waals surface area (Å²) in [6, 6.07) is 0. The normalized spacial score (nSPS) is 10.1. The molecule has 0 saturated carbocycles. The summed E-state index contributed by atoms with van der Waals surface area (Å²) < 4.78 is 0. The highest BCUT2D eigenvalue weighted by molar-refractivity contribution is 4.67. The standard InChI is InChI=1S/C7H15N2/c1-4-7-8-9(5-2)6-3/h4H,1,5-7H2,2-3H3. The summed E-state index contributed by atoms with van der Waals surface area (Å²) in [4.78, 5) is 0. The first-order chi connectivity index (χ1) is 4.35. The second kappa shape index (κ2) is 5.79. The Morgan fingerprint density at radius 1 is 1.44 bits per heavy atom. The average molecular weight is 127 g/mol. The second-order valence-electron chi connectivity index (χ2n) is 1.75. The van der Waals surface area contributed by atoms with Gasteiger partial charge in [-0.2, -0.15) is 5.43 Å². The van der Waals surface area contributed by atoms with E-state index in [1.807, 2.05) is 5.01 Å². The van der Waals surface area contributed by atoms with Gasteiger partial charge >= 0.3 is 0 Å². The molecule has 53 valence electrons. The fourth-order valence-electron chi connectivity index (χ4n) is 0.597. The van der Waals surface area contributed by atoms with Gasteiger partial charge in [0.15, 0.2) is 0 Å². The lowest BCUT2D eigenvalue weighted by atomic mass is 10.6. The van der Waals surface area contributed by atoms with Gasteiger partial charge in [0.2, 0.25) is 0 Å². The van der Waals surface area contributed by atoms with E-state index in [0.29, 0.717) is 0 Å². The highest BCUT2D eigenvalue weighted by atomic mass is 15.5. The second-order valence-corrected chi connectivity index (χ2v) is 1.75. The van der Waals surface area contributed by atoms with Crippen molar-refractivity contribution in [3.8, 4) is 0 Å². The molecule has 0 aliphatic rings. The van der Waals surface area contributed by atoms with Gasteiger partial charge in [0.05, 0.1) is 0 Å². The molecule has 0 aromatic heterocycles. The Morgan fingerprint density at radius 2 is 2.00 bits per heavy atom. The first-order valence-electron chi connectivity index (χ1n) is 3.38. The molecule has 0 amide bonds. The van der Waals surface area contributed by atoms with Gasteiger partial charge in [-0.15, -0.1) is 6.58 Å². The molecule has 2 heteroatoms. The van der Waals surface area contributed by atoms with Crippen LogP contribution in [0, 0.1) is 0 Å². The van der Waals surface area contributed by atoms with Crippen LogP contribution in [0.2, 0.25) is 0 Å². The highest BCUT2D eigenvalue weighted by Crippen LogP contribution is 1.80. The van der Waals surface area contributed by atoms with Crippen LogP contribution in [0.5, 0.6) is 0 Å². The van der Waals surface area contributed by atoms with E-state index in [-0.39, 0.29) is 0 Å². The largest absolute Gasteiger partial charge is 0.227 e. The van der Waals surface area contributed by atoms with Crippen LogP contribution < -0.4 is 5.43 Å². The van der Waals surface area contributed by atoms with Crippen molar-refractivity contribution in [3.05, 3.63) is 12.7 Å². The van der Waals surface area contributed by atoms with E-state index in [2.05, 4.69) is 25.9 Å². The predicted octanol–water partition coefficient (Wildman–Crippen LogP) is 1.03. The van der Waals surface area contributed by atoms with Crippen molar-refractivity contribution in [2.24, 2.45) is 0 Å². The monoisotopic (exact) mass is 127 g/mol. The summed E-state index contributed by atoms with van der Waals surface area (Å²) in [5.41, 5.74) is 4.19. The number of rotatable bonds is 5. The lowest BCUT2D eigenvalue weighted by Crippen LogP contribution is -2.31. The van der Waals surface area contributed by atoms with Crippen LogP contribution in [0.3, 0.4) is 0 Å². The Labute approximate surface area is 57.5 Å². The van der Waals surface area contributed by atoms with Crippen LogP contribution in [0.25, 0.3) is 0 Å². The Balaban J connectivity index is 3.19. The SMILES string of the molecule is C=CC[N]N(CC)CC. The molecule has 9 heavy (non-hydrogen) atoms. The zero-order valence-electron chi connectivity index (χ0n) is 6.30. The minimum atomic E-state index is 0.738. The van der Waals surface area contributed by atoms with E-state index >= 15 is 0 Å². The van der Waals surface area contributed by atoms with Crippen LogP contribution in [-0.2, 0) is 0 Å². The molecular formula is C7H15N2. The molecule has 0 spiro atoms. The van der Waals surface area contributed by atoms with Crippen molar-refractivity contribution < 1.29 is 0 Å². The molecule has 0 aliphatic heterocycles. The number of hydrogen-bond acceptors (Lipinski definition) is 1. The molecule has 0 aliphatic carbocycles. The molecule has 0 fully saturated rings. The zero-order chi connectivity index (χ0) is 7.11. The summed E-state index contributed by atoms with van der Waals surface area (Å²) in [5.74, 6) is 0. The van der Waals surface area contributed by atoms with Crippen molar-refractivity contribution in [1.29, 1.82) is 0 Å². The van der Waals surface area contributed by atoms with E-state index in [1.165, 1.54) is 0 Å². The molecule has 1 radical (unpaired) electrons. The molecule has 0 bridgehead atoms. The van der Waals surface area contributed by atoms with Gasteiger partial charge in [-0.05, 0) is 0 Å². The van der Waals surface area contributed by atoms with Crippen LogP contribution in [0.1, 0.15) is 13.8 Å². The van der Waals surface area contributed by atoms with Crippen LogP contribution in [-0.4, -0.2) is 24.6 Å². The Morgan fingerprint density at radius 3 is 2.33 bits per heavy atom. The summed E-state index contributed by atoms with van der Waals surface area (Å²) in [7, 11) is 0. The molecule has 0 saturated heterocycles. The Bertz CT molecular complexity index is 67.3. The van der Waals surface area contributed by atoms with E-state index in [9.17, 15) is 0 Å². The smallest absolute Gasteiger partial charge is 0.0485 e. The van der Waals surface area contributed by atoms with E-state index in [4.69, 9.17) is 0 Å². The summed E-state index contributed by atoms with van der Waals surface area (Å²) >= 11 is 0. The molecular weight excluding hydrogens is 112 g/mol. The Kier molecular flexibility index (Phi) is 5.57. The fourth-order valence-corrected chi connectivity index (χ4v) is 0.597. The first kappa shape index (κ1) is 8.66. The predicted molar refractivity (Wildman–Crippen MR) is 40.1 cm³/mol. The van der Waals surface area contributed by atoms with Gasteiger partial charge in [-0.3, -0.25) is 0 Å². The quantitative estimate of drug-likeness (QED) is 0.398. The van der Waals surface area contributed by atoms with Gasteiger partial charge in [0.1, 0.15) is 0 Å². The molecule has 0 unspecified atom stereocenters. The third-order valence-corrected chi connectivity index (χ3v) is 1.14. The molecule has 2 nitrogen and oxygen atoms in total. The molecule has 0 heterocycles. The minimum absolute atomic E-state index is 0.738. The maximum Gasteiger partial charge on any atom is 0.0485 e. The number of hydrogen-bond donors (Lipinski definition) is 0. The zero-order valence-corrected chi connectivity index (χ0v) is 6.30. The van der Waals surface area contributed by atoms with E-state index in [0.717, 1.165) is 19.6 Å².